The Morgan fingerprint density at radius 3 is 2.12 bits per heavy atom. The molecule has 41 heavy (non-hydrogen) atoms. The molecule has 0 saturated carbocycles. The van der Waals surface area contributed by atoms with Crippen molar-refractivity contribution in [2.45, 2.75) is 39.5 Å². The lowest BCUT2D eigenvalue weighted by atomic mass is 9.95. The zero-order valence-corrected chi connectivity index (χ0v) is 24.7. The smallest absolute Gasteiger partial charge is 0.229 e. The Morgan fingerprint density at radius 1 is 0.854 bits per heavy atom. The van der Waals surface area contributed by atoms with Crippen LogP contribution in [0.1, 0.15) is 35.3 Å². The molecule has 0 bridgehead atoms. The van der Waals surface area contributed by atoms with Crippen molar-refractivity contribution >= 4 is 15.7 Å². The molecular formula is C33H38N2O5S. The number of benzene rings is 4. The topological polar surface area (TPSA) is 96.9 Å². The third-order valence-corrected chi connectivity index (χ3v) is 7.35. The Hall–Kier alpha value is -3.85. The van der Waals surface area contributed by atoms with Crippen LogP contribution in [0.25, 0.3) is 11.1 Å². The van der Waals surface area contributed by atoms with Gasteiger partial charge in [0.1, 0.15) is 24.7 Å². The zero-order chi connectivity index (χ0) is 29.4. The molecule has 0 heterocycles. The molecule has 4 aromatic carbocycles. The maximum absolute atomic E-state index is 12.0. The number of aliphatic hydroxyl groups excluding tert-OH is 1. The molecule has 7 nitrogen and oxygen atoms in total. The Labute approximate surface area is 243 Å². The van der Waals surface area contributed by atoms with Crippen LogP contribution >= 0.6 is 0 Å². The number of aliphatic hydroxyl groups is 1. The molecule has 0 aliphatic heterocycles. The Morgan fingerprint density at radius 2 is 1.49 bits per heavy atom. The van der Waals surface area contributed by atoms with Gasteiger partial charge in [-0.05, 0) is 78.4 Å². The number of aryl methyl sites for hydroxylation is 2. The van der Waals surface area contributed by atoms with Crippen LogP contribution in [0.4, 0.5) is 5.69 Å². The summed E-state index contributed by atoms with van der Waals surface area (Å²) in [6, 6.07) is 28.7. The highest BCUT2D eigenvalue weighted by Crippen LogP contribution is 2.32. The highest BCUT2D eigenvalue weighted by atomic mass is 32.2. The molecule has 8 heteroatoms. The SMILES string of the molecule is Cc1cc(OCCN[C@@H](C)[C@H](O)c2ccc(OCc3ccccc3)c(NS(C)(=O)=O)c2)cc(C)c1-c1ccccc1. The van der Waals surface area contributed by atoms with E-state index in [9.17, 15) is 13.5 Å². The molecular weight excluding hydrogens is 536 g/mol. The fraction of sp³-hybridized carbons (Fsp3) is 0.273. The van der Waals surface area contributed by atoms with E-state index in [1.54, 1.807) is 18.2 Å². The van der Waals surface area contributed by atoms with Crippen LogP contribution in [0.3, 0.4) is 0 Å². The van der Waals surface area contributed by atoms with Crippen LogP contribution in [0.5, 0.6) is 11.5 Å². The van der Waals surface area contributed by atoms with Crippen molar-refractivity contribution in [1.82, 2.24) is 5.32 Å². The monoisotopic (exact) mass is 574 g/mol. The molecule has 2 atom stereocenters. The first-order valence-corrected chi connectivity index (χ1v) is 15.5. The van der Waals surface area contributed by atoms with Crippen molar-refractivity contribution in [3.63, 3.8) is 0 Å². The average molecular weight is 575 g/mol. The Kier molecular flexibility index (Phi) is 10.0. The van der Waals surface area contributed by atoms with Crippen LogP contribution in [0, 0.1) is 13.8 Å². The van der Waals surface area contributed by atoms with Gasteiger partial charge in [0.05, 0.1) is 18.0 Å². The predicted molar refractivity (Wildman–Crippen MR) is 165 cm³/mol. The van der Waals surface area contributed by atoms with Gasteiger partial charge >= 0.3 is 0 Å². The highest BCUT2D eigenvalue weighted by molar-refractivity contribution is 7.92. The van der Waals surface area contributed by atoms with Crippen molar-refractivity contribution in [2.24, 2.45) is 0 Å². The number of anilines is 1. The van der Waals surface area contributed by atoms with E-state index in [0.717, 1.165) is 28.7 Å². The summed E-state index contributed by atoms with van der Waals surface area (Å²) in [4.78, 5) is 0. The van der Waals surface area contributed by atoms with E-state index in [-0.39, 0.29) is 18.3 Å². The third kappa shape index (κ3) is 8.57. The molecule has 3 N–H and O–H groups in total. The van der Waals surface area contributed by atoms with Crippen molar-refractivity contribution in [3.05, 3.63) is 113 Å². The van der Waals surface area contributed by atoms with Gasteiger partial charge in [-0.1, -0.05) is 66.7 Å². The van der Waals surface area contributed by atoms with Crippen LogP contribution < -0.4 is 19.5 Å². The summed E-state index contributed by atoms with van der Waals surface area (Å²) in [6.07, 6.45) is 0.201. The van der Waals surface area contributed by atoms with Crippen LogP contribution in [0.2, 0.25) is 0 Å². The highest BCUT2D eigenvalue weighted by Gasteiger charge is 2.19. The first-order chi connectivity index (χ1) is 19.6. The molecule has 0 amide bonds. The number of hydrogen-bond donors (Lipinski definition) is 3. The summed E-state index contributed by atoms with van der Waals surface area (Å²) in [5.41, 5.74) is 6.50. The lowest BCUT2D eigenvalue weighted by Gasteiger charge is -2.22. The number of nitrogens with one attached hydrogen (secondary N) is 2. The van der Waals surface area contributed by atoms with Crippen molar-refractivity contribution in [2.75, 3.05) is 24.1 Å². The van der Waals surface area contributed by atoms with Gasteiger partial charge in [0.15, 0.2) is 0 Å². The van der Waals surface area contributed by atoms with Crippen molar-refractivity contribution in [3.8, 4) is 22.6 Å². The normalized spacial score (nSPS) is 12.9. The fourth-order valence-corrected chi connectivity index (χ4v) is 5.35. The lowest BCUT2D eigenvalue weighted by molar-refractivity contribution is 0.133. The molecule has 0 aromatic heterocycles. The third-order valence-electron chi connectivity index (χ3n) is 6.76. The molecule has 0 aliphatic rings. The maximum Gasteiger partial charge on any atom is 0.229 e. The first-order valence-electron chi connectivity index (χ1n) is 13.6. The van der Waals surface area contributed by atoms with E-state index >= 15 is 0 Å². The van der Waals surface area contributed by atoms with Gasteiger partial charge in [-0.15, -0.1) is 0 Å². The van der Waals surface area contributed by atoms with E-state index in [4.69, 9.17) is 9.47 Å². The van der Waals surface area contributed by atoms with E-state index in [0.29, 0.717) is 24.5 Å². The summed E-state index contributed by atoms with van der Waals surface area (Å²) in [5.74, 6) is 1.19. The number of sulfonamides is 1. The largest absolute Gasteiger partial charge is 0.492 e. The van der Waals surface area contributed by atoms with Gasteiger partial charge in [0.2, 0.25) is 10.0 Å². The standard InChI is InChI=1S/C33H38N2O5S/c1-23-19-29(20-24(2)32(23)27-13-9-6-10-14-27)39-18-17-34-25(3)33(36)28-15-16-31(30(21-28)35-41(4,37)38)40-22-26-11-7-5-8-12-26/h5-16,19-21,25,33-36H,17-18,22H2,1-4H3/t25-,33-/m0/s1. The van der Waals surface area contributed by atoms with Gasteiger partial charge in [0, 0.05) is 12.6 Å². The molecule has 0 radical (unpaired) electrons. The van der Waals surface area contributed by atoms with E-state index in [1.807, 2.05) is 67.6 Å². The van der Waals surface area contributed by atoms with Gasteiger partial charge in [0.25, 0.3) is 0 Å². The first kappa shape index (κ1) is 30.1. The average Bonchev–Trinajstić information content (AvgIpc) is 2.94. The van der Waals surface area contributed by atoms with Gasteiger partial charge in [-0.3, -0.25) is 4.72 Å². The Bertz CT molecular complexity index is 1520. The minimum atomic E-state index is -3.56. The second-order valence-corrected chi connectivity index (χ2v) is 12.0. The van der Waals surface area contributed by atoms with Gasteiger partial charge in [-0.2, -0.15) is 0 Å². The predicted octanol–water partition coefficient (Wildman–Crippen LogP) is 6.01. The van der Waals surface area contributed by atoms with E-state index in [1.165, 1.54) is 11.1 Å². The summed E-state index contributed by atoms with van der Waals surface area (Å²) in [6.45, 7) is 7.27. The minimum Gasteiger partial charge on any atom is -0.492 e. The Balaban J connectivity index is 1.35. The molecule has 4 rings (SSSR count). The number of ether oxygens (including phenoxy) is 2. The maximum atomic E-state index is 12.0. The van der Waals surface area contributed by atoms with Crippen molar-refractivity contribution in [1.29, 1.82) is 0 Å². The molecule has 0 saturated heterocycles. The van der Waals surface area contributed by atoms with Gasteiger partial charge in [-0.25, -0.2) is 8.42 Å². The lowest BCUT2D eigenvalue weighted by Crippen LogP contribution is -2.35. The van der Waals surface area contributed by atoms with Crippen LogP contribution in [-0.4, -0.2) is 39.0 Å². The molecule has 4 aromatic rings. The summed E-state index contributed by atoms with van der Waals surface area (Å²) < 4.78 is 38.4. The fourth-order valence-electron chi connectivity index (χ4n) is 4.80. The quantitative estimate of drug-likeness (QED) is 0.169. The molecule has 0 aliphatic carbocycles. The number of hydrogen-bond acceptors (Lipinski definition) is 6. The second-order valence-electron chi connectivity index (χ2n) is 10.2. The van der Waals surface area contributed by atoms with Crippen LogP contribution in [0.15, 0.2) is 91.0 Å². The summed E-state index contributed by atoms with van der Waals surface area (Å²) in [5, 5.41) is 14.3. The summed E-state index contributed by atoms with van der Waals surface area (Å²) in [7, 11) is -3.56. The van der Waals surface area contributed by atoms with Crippen LogP contribution in [-0.2, 0) is 16.6 Å². The number of rotatable bonds is 13. The van der Waals surface area contributed by atoms with Crippen molar-refractivity contribution < 1.29 is 23.0 Å². The molecule has 216 valence electrons. The van der Waals surface area contributed by atoms with Gasteiger partial charge < -0.3 is 19.9 Å². The van der Waals surface area contributed by atoms with E-state index in [2.05, 4.69) is 36.0 Å². The minimum absolute atomic E-state index is 0.278. The van der Waals surface area contributed by atoms with E-state index < -0.39 is 16.1 Å². The molecule has 0 unspecified atom stereocenters. The second kappa shape index (κ2) is 13.7. The molecule has 0 spiro atoms. The summed E-state index contributed by atoms with van der Waals surface area (Å²) >= 11 is 0. The zero-order valence-electron chi connectivity index (χ0n) is 23.9. The molecule has 0 fully saturated rings.